The molecule has 32 heavy (non-hydrogen) atoms. The Bertz CT molecular complexity index is 1270. The zero-order valence-corrected chi connectivity index (χ0v) is 17.5. The minimum absolute atomic E-state index is 0.0623. The van der Waals surface area contributed by atoms with Gasteiger partial charge in [0.15, 0.2) is 17.0 Å². The molecule has 164 valence electrons. The monoisotopic (exact) mass is 437 g/mol. The van der Waals surface area contributed by atoms with Gasteiger partial charge in [-0.15, -0.1) is 0 Å². The van der Waals surface area contributed by atoms with Crippen LogP contribution in [0.2, 0.25) is 0 Å². The van der Waals surface area contributed by atoms with Gasteiger partial charge >= 0.3 is 0 Å². The van der Waals surface area contributed by atoms with E-state index in [1.165, 1.54) is 11.9 Å². The van der Waals surface area contributed by atoms with Gasteiger partial charge in [0.1, 0.15) is 6.33 Å². The fourth-order valence-electron chi connectivity index (χ4n) is 4.99. The number of carbonyl (C=O) groups excluding carboxylic acids is 1. The zero-order valence-electron chi connectivity index (χ0n) is 17.5. The van der Waals surface area contributed by atoms with Crippen LogP contribution in [0.3, 0.4) is 0 Å². The van der Waals surface area contributed by atoms with Crippen LogP contribution < -0.4 is 4.90 Å². The highest BCUT2D eigenvalue weighted by Gasteiger charge is 2.47. The number of benzene rings is 1. The van der Waals surface area contributed by atoms with Gasteiger partial charge in [-0.3, -0.25) is 9.79 Å². The summed E-state index contributed by atoms with van der Waals surface area (Å²) in [6, 6.07) is 8.25. The second-order valence-electron chi connectivity index (χ2n) is 8.80. The van der Waals surface area contributed by atoms with E-state index in [4.69, 9.17) is 0 Å². The Morgan fingerprint density at radius 2 is 1.84 bits per heavy atom. The minimum atomic E-state index is -2.82. The molecular weight excluding hydrogens is 416 g/mol. The summed E-state index contributed by atoms with van der Waals surface area (Å²) >= 11 is 0. The molecule has 2 fully saturated rings. The predicted molar refractivity (Wildman–Crippen MR) is 115 cm³/mol. The summed E-state index contributed by atoms with van der Waals surface area (Å²) in [7, 11) is 1.67. The Morgan fingerprint density at radius 3 is 2.59 bits per heavy atom. The van der Waals surface area contributed by atoms with Crippen LogP contribution in [-0.4, -0.2) is 68.6 Å². The Labute approximate surface area is 182 Å². The van der Waals surface area contributed by atoms with E-state index in [1.807, 2.05) is 12.1 Å². The van der Waals surface area contributed by atoms with Gasteiger partial charge in [0.05, 0.1) is 18.8 Å². The van der Waals surface area contributed by atoms with Crippen LogP contribution in [0.4, 0.5) is 20.3 Å². The van der Waals surface area contributed by atoms with Crippen molar-refractivity contribution in [3.05, 3.63) is 42.0 Å². The van der Waals surface area contributed by atoms with Gasteiger partial charge in [-0.25, -0.2) is 23.7 Å². The third-order valence-corrected chi connectivity index (χ3v) is 6.81. The molecule has 1 spiro atoms. The van der Waals surface area contributed by atoms with Crippen molar-refractivity contribution < 1.29 is 13.6 Å². The molecule has 1 amide bonds. The molecule has 2 saturated heterocycles. The molecule has 3 aromatic rings. The van der Waals surface area contributed by atoms with Crippen molar-refractivity contribution in [1.82, 2.24) is 24.4 Å². The minimum Gasteiger partial charge on any atom is -0.355 e. The predicted octanol–water partition coefficient (Wildman–Crippen LogP) is 2.71. The highest BCUT2D eigenvalue weighted by Crippen LogP contribution is 2.44. The number of halogens is 2. The number of aryl methyl sites for hydroxylation is 1. The summed E-state index contributed by atoms with van der Waals surface area (Å²) in [6.07, 6.45) is 5.31. The Morgan fingerprint density at radius 1 is 1.09 bits per heavy atom. The number of likely N-dealkylation sites (tertiary alicyclic amines) is 1. The number of alkyl halides is 2. The zero-order chi connectivity index (χ0) is 22.1. The van der Waals surface area contributed by atoms with Crippen molar-refractivity contribution in [1.29, 1.82) is 0 Å². The lowest BCUT2D eigenvalue weighted by atomic mass is 9.74. The van der Waals surface area contributed by atoms with E-state index in [0.717, 1.165) is 36.5 Å². The normalized spacial score (nSPS) is 20.6. The van der Waals surface area contributed by atoms with Gasteiger partial charge in [0, 0.05) is 31.8 Å². The van der Waals surface area contributed by atoms with Crippen molar-refractivity contribution in [2.24, 2.45) is 12.0 Å². The number of hydrogen-bond acceptors (Lipinski definition) is 6. The molecule has 3 aliphatic rings. The summed E-state index contributed by atoms with van der Waals surface area (Å²) in [6.45, 7) is 0.352. The maximum atomic E-state index is 13.2. The summed E-state index contributed by atoms with van der Waals surface area (Å²) in [5, 5.41) is 0. The number of anilines is 1. The number of fused-ring (bicyclic) bond motifs is 3. The average molecular weight is 437 g/mol. The average Bonchev–Trinajstić information content (AvgIpc) is 3.31. The van der Waals surface area contributed by atoms with Crippen LogP contribution in [0.15, 0.2) is 35.6 Å². The van der Waals surface area contributed by atoms with Gasteiger partial charge in [0.2, 0.25) is 5.82 Å². The number of aliphatic imine (C=N–C) groups is 1. The molecule has 2 aromatic heterocycles. The fraction of sp³-hybridized carbons (Fsp3) is 0.409. The van der Waals surface area contributed by atoms with Gasteiger partial charge in [0.25, 0.3) is 11.8 Å². The molecule has 0 radical (unpaired) electrons. The first-order valence-electron chi connectivity index (χ1n) is 10.6. The number of rotatable bonds is 2. The standard InChI is InChI=1S/C22H21F2N7O/c1-29-17-16(28-19(29)20(32)31-11-22(23,24)12-31)18(27-13-26-17)30-8-6-21(7-9-30)10-25-15-5-3-2-4-14(15)21/h2-5,10,13H,6-9,11-12H2,1H3. The second-order valence-corrected chi connectivity index (χ2v) is 8.80. The number of amides is 1. The quantitative estimate of drug-likeness (QED) is 0.616. The highest BCUT2D eigenvalue weighted by atomic mass is 19.3. The number of para-hydroxylation sites is 1. The molecule has 0 bridgehead atoms. The number of piperidine rings is 1. The van der Waals surface area contributed by atoms with E-state index in [9.17, 15) is 13.6 Å². The van der Waals surface area contributed by atoms with Gasteiger partial charge in [-0.05, 0) is 24.5 Å². The topological polar surface area (TPSA) is 79.5 Å². The molecule has 3 aliphatic heterocycles. The maximum Gasteiger partial charge on any atom is 0.290 e. The number of nitrogens with zero attached hydrogens (tertiary/aromatic N) is 7. The fourth-order valence-corrected chi connectivity index (χ4v) is 4.99. The van der Waals surface area contributed by atoms with E-state index in [2.05, 4.69) is 43.2 Å². The van der Waals surface area contributed by atoms with Crippen molar-refractivity contribution in [3.8, 4) is 0 Å². The van der Waals surface area contributed by atoms with Gasteiger partial charge < -0.3 is 14.4 Å². The lowest BCUT2D eigenvalue weighted by molar-refractivity contribution is -0.113. The molecule has 5 heterocycles. The first kappa shape index (κ1) is 19.3. The first-order valence-corrected chi connectivity index (χ1v) is 10.6. The van der Waals surface area contributed by atoms with E-state index in [1.54, 1.807) is 11.6 Å². The van der Waals surface area contributed by atoms with E-state index in [-0.39, 0.29) is 11.2 Å². The molecule has 6 rings (SSSR count). The molecule has 0 saturated carbocycles. The molecule has 8 nitrogen and oxygen atoms in total. The van der Waals surface area contributed by atoms with Gasteiger partial charge in [-0.1, -0.05) is 18.2 Å². The van der Waals surface area contributed by atoms with E-state index < -0.39 is 24.9 Å². The third kappa shape index (κ3) is 2.74. The molecule has 10 heteroatoms. The third-order valence-electron chi connectivity index (χ3n) is 6.81. The lowest BCUT2D eigenvalue weighted by Gasteiger charge is -2.38. The first-order chi connectivity index (χ1) is 15.4. The van der Waals surface area contributed by atoms with Crippen LogP contribution in [0.1, 0.15) is 29.0 Å². The molecular formula is C22H21F2N7O. The summed E-state index contributed by atoms with van der Waals surface area (Å²) in [4.78, 5) is 33.9. The van der Waals surface area contributed by atoms with Crippen LogP contribution in [-0.2, 0) is 12.5 Å². The Balaban J connectivity index is 1.28. The largest absolute Gasteiger partial charge is 0.355 e. The van der Waals surface area contributed by atoms with Gasteiger partial charge in [-0.2, -0.15) is 0 Å². The Kier molecular flexibility index (Phi) is 3.94. The van der Waals surface area contributed by atoms with Crippen LogP contribution in [0, 0.1) is 0 Å². The number of aromatic nitrogens is 4. The van der Waals surface area contributed by atoms with Crippen LogP contribution >= 0.6 is 0 Å². The molecule has 1 aromatic carbocycles. The summed E-state index contributed by atoms with van der Waals surface area (Å²) in [5.41, 5.74) is 3.27. The van der Waals surface area contributed by atoms with Crippen molar-refractivity contribution in [2.75, 3.05) is 31.1 Å². The maximum absolute atomic E-state index is 13.2. The smallest absolute Gasteiger partial charge is 0.290 e. The number of carbonyl (C=O) groups is 1. The number of imidazole rings is 1. The highest BCUT2D eigenvalue weighted by molar-refractivity contribution is 5.97. The lowest BCUT2D eigenvalue weighted by Crippen LogP contribution is -2.58. The van der Waals surface area contributed by atoms with E-state index >= 15 is 0 Å². The van der Waals surface area contributed by atoms with Crippen molar-refractivity contribution in [3.63, 3.8) is 0 Å². The summed E-state index contributed by atoms with van der Waals surface area (Å²) < 4.78 is 28.0. The second kappa shape index (κ2) is 6.54. The molecule has 0 N–H and O–H groups in total. The number of hydrogen-bond donors (Lipinski definition) is 0. The Hall–Kier alpha value is -3.43. The SMILES string of the molecule is Cn1c(C(=O)N2CC(F)(F)C2)nc2c(N3CCC4(C=Nc5ccccc54)CC3)ncnc21. The van der Waals surface area contributed by atoms with Crippen LogP contribution in [0.5, 0.6) is 0 Å². The summed E-state index contributed by atoms with van der Waals surface area (Å²) in [5.74, 6) is -2.57. The van der Waals surface area contributed by atoms with Crippen molar-refractivity contribution >= 4 is 34.8 Å². The van der Waals surface area contributed by atoms with Crippen LogP contribution in [0.25, 0.3) is 11.2 Å². The molecule has 0 unspecified atom stereocenters. The molecule has 0 aliphatic carbocycles. The van der Waals surface area contributed by atoms with E-state index in [0.29, 0.717) is 17.0 Å². The van der Waals surface area contributed by atoms with Crippen molar-refractivity contribution in [2.45, 2.75) is 24.2 Å². The molecule has 0 atom stereocenters.